The molecule has 4 heteroatoms. The predicted molar refractivity (Wildman–Crippen MR) is 75.1 cm³/mol. The van der Waals surface area contributed by atoms with Gasteiger partial charge in [-0.3, -0.25) is 4.79 Å². The van der Waals surface area contributed by atoms with Crippen LogP contribution in [0.2, 0.25) is 5.15 Å². The number of benzene rings is 1. The van der Waals surface area contributed by atoms with Crippen LogP contribution >= 0.6 is 11.6 Å². The van der Waals surface area contributed by atoms with E-state index in [0.29, 0.717) is 22.0 Å². The first kappa shape index (κ1) is 13.6. The molecule has 0 spiro atoms. The van der Waals surface area contributed by atoms with Crippen molar-refractivity contribution in [3.8, 4) is 5.75 Å². The Hall–Kier alpha value is -1.87. The average Bonchev–Trinajstić information content (AvgIpc) is 2.37. The fourth-order valence-electron chi connectivity index (χ4n) is 2.07. The summed E-state index contributed by atoms with van der Waals surface area (Å²) in [5.74, 6) is 0.467. The van der Waals surface area contributed by atoms with E-state index in [1.807, 2.05) is 26.0 Å². The minimum Gasteiger partial charge on any atom is -0.496 e. The predicted octanol–water partition coefficient (Wildman–Crippen LogP) is 3.59. The third-order valence-electron chi connectivity index (χ3n) is 2.88. The maximum absolute atomic E-state index is 12.5. The molecule has 2 aromatic rings. The van der Waals surface area contributed by atoms with Crippen LogP contribution in [0.5, 0.6) is 5.75 Å². The van der Waals surface area contributed by atoms with E-state index in [9.17, 15) is 4.79 Å². The van der Waals surface area contributed by atoms with Crippen LogP contribution < -0.4 is 4.74 Å². The monoisotopic (exact) mass is 275 g/mol. The summed E-state index contributed by atoms with van der Waals surface area (Å²) in [6.07, 6.45) is 1.52. The molecule has 1 heterocycles. The second-order valence-electron chi connectivity index (χ2n) is 4.36. The number of rotatable bonds is 3. The Morgan fingerprint density at radius 2 is 2.00 bits per heavy atom. The van der Waals surface area contributed by atoms with Crippen LogP contribution in [0.15, 0.2) is 30.5 Å². The van der Waals surface area contributed by atoms with E-state index in [0.717, 1.165) is 11.1 Å². The van der Waals surface area contributed by atoms with Gasteiger partial charge in [-0.2, -0.15) is 0 Å². The molecule has 0 aliphatic heterocycles. The lowest BCUT2D eigenvalue weighted by atomic mass is 9.97. The van der Waals surface area contributed by atoms with E-state index in [-0.39, 0.29) is 5.78 Å². The van der Waals surface area contributed by atoms with Gasteiger partial charge in [0.1, 0.15) is 10.9 Å². The first-order valence-electron chi connectivity index (χ1n) is 5.84. The Bertz CT molecular complexity index is 638. The van der Waals surface area contributed by atoms with E-state index in [2.05, 4.69) is 4.98 Å². The summed E-state index contributed by atoms with van der Waals surface area (Å²) >= 11 is 5.82. The van der Waals surface area contributed by atoms with Gasteiger partial charge in [-0.1, -0.05) is 17.7 Å². The van der Waals surface area contributed by atoms with Crippen LogP contribution in [-0.4, -0.2) is 17.9 Å². The molecule has 1 aromatic heterocycles. The summed E-state index contributed by atoms with van der Waals surface area (Å²) in [7, 11) is 1.56. The third-order valence-corrected chi connectivity index (χ3v) is 3.09. The molecule has 3 nitrogen and oxygen atoms in total. The fourth-order valence-corrected chi connectivity index (χ4v) is 2.24. The van der Waals surface area contributed by atoms with Gasteiger partial charge < -0.3 is 4.74 Å². The highest BCUT2D eigenvalue weighted by Crippen LogP contribution is 2.27. The van der Waals surface area contributed by atoms with E-state index < -0.39 is 0 Å². The number of aromatic nitrogens is 1. The van der Waals surface area contributed by atoms with Gasteiger partial charge in [-0.25, -0.2) is 4.98 Å². The van der Waals surface area contributed by atoms with Crippen molar-refractivity contribution in [2.75, 3.05) is 7.11 Å². The summed E-state index contributed by atoms with van der Waals surface area (Å²) in [6.45, 7) is 3.86. The zero-order chi connectivity index (χ0) is 14.0. The van der Waals surface area contributed by atoms with Gasteiger partial charge in [0.25, 0.3) is 0 Å². The van der Waals surface area contributed by atoms with Crippen LogP contribution in [0.4, 0.5) is 0 Å². The minimum absolute atomic E-state index is 0.112. The summed E-state index contributed by atoms with van der Waals surface area (Å²) < 4.78 is 5.31. The second kappa shape index (κ2) is 5.41. The lowest BCUT2D eigenvalue weighted by molar-refractivity contribution is 0.103. The molecule has 0 fully saturated rings. The number of hydrogen-bond acceptors (Lipinski definition) is 3. The van der Waals surface area contributed by atoms with Crippen molar-refractivity contribution in [1.29, 1.82) is 0 Å². The molecule has 0 N–H and O–H groups in total. The molecule has 0 unspecified atom stereocenters. The number of ether oxygens (including phenoxy) is 1. The molecule has 19 heavy (non-hydrogen) atoms. The topological polar surface area (TPSA) is 39.2 Å². The molecule has 0 atom stereocenters. The first-order chi connectivity index (χ1) is 9.02. The van der Waals surface area contributed by atoms with Gasteiger partial charge in [0.05, 0.1) is 12.7 Å². The molecule has 0 bridgehead atoms. The molecule has 0 aliphatic carbocycles. The van der Waals surface area contributed by atoms with Gasteiger partial charge >= 0.3 is 0 Å². The van der Waals surface area contributed by atoms with Crippen molar-refractivity contribution in [3.05, 3.63) is 57.9 Å². The van der Waals surface area contributed by atoms with Gasteiger partial charge in [0, 0.05) is 11.8 Å². The number of pyridine rings is 1. The van der Waals surface area contributed by atoms with E-state index in [1.165, 1.54) is 6.20 Å². The maximum atomic E-state index is 12.5. The highest BCUT2D eigenvalue weighted by atomic mass is 35.5. The second-order valence-corrected chi connectivity index (χ2v) is 4.74. The van der Waals surface area contributed by atoms with Crippen LogP contribution in [0.3, 0.4) is 0 Å². The number of halogens is 1. The van der Waals surface area contributed by atoms with Crippen molar-refractivity contribution in [2.45, 2.75) is 13.8 Å². The first-order valence-corrected chi connectivity index (χ1v) is 6.22. The van der Waals surface area contributed by atoms with Gasteiger partial charge in [-0.05, 0) is 43.2 Å². The molecule has 0 saturated heterocycles. The van der Waals surface area contributed by atoms with Crippen LogP contribution in [-0.2, 0) is 0 Å². The standard InChI is InChI=1S/C15H14ClNO2/c1-9-6-10(2)14(12(7-9)19-3)15(18)11-4-5-17-13(16)8-11/h4-8H,1-3H3. The quantitative estimate of drug-likeness (QED) is 0.635. The van der Waals surface area contributed by atoms with Crippen LogP contribution in [0.1, 0.15) is 27.0 Å². The molecular formula is C15H14ClNO2. The molecule has 0 saturated carbocycles. The molecular weight excluding hydrogens is 262 g/mol. The number of hydrogen-bond donors (Lipinski definition) is 0. The van der Waals surface area contributed by atoms with Crippen molar-refractivity contribution >= 4 is 17.4 Å². The summed E-state index contributed by atoms with van der Waals surface area (Å²) in [4.78, 5) is 16.4. The van der Waals surface area contributed by atoms with Gasteiger partial charge in [0.15, 0.2) is 5.78 Å². The minimum atomic E-state index is -0.112. The fraction of sp³-hybridized carbons (Fsp3) is 0.200. The number of nitrogens with zero attached hydrogens (tertiary/aromatic N) is 1. The van der Waals surface area contributed by atoms with Crippen molar-refractivity contribution < 1.29 is 9.53 Å². The molecule has 0 radical (unpaired) electrons. The van der Waals surface area contributed by atoms with Gasteiger partial charge in [0.2, 0.25) is 0 Å². The molecule has 98 valence electrons. The molecule has 0 aliphatic rings. The Labute approximate surface area is 117 Å². The summed E-state index contributed by atoms with van der Waals surface area (Å²) in [5.41, 5.74) is 3.01. The molecule has 0 amide bonds. The number of carbonyl (C=O) groups excluding carboxylic acids is 1. The number of ketones is 1. The average molecular weight is 276 g/mol. The highest BCUT2D eigenvalue weighted by molar-refractivity contribution is 6.30. The lowest BCUT2D eigenvalue weighted by Crippen LogP contribution is -2.07. The van der Waals surface area contributed by atoms with Crippen molar-refractivity contribution in [1.82, 2.24) is 4.98 Å². The van der Waals surface area contributed by atoms with Crippen LogP contribution in [0.25, 0.3) is 0 Å². The van der Waals surface area contributed by atoms with Crippen LogP contribution in [0, 0.1) is 13.8 Å². The van der Waals surface area contributed by atoms with E-state index in [4.69, 9.17) is 16.3 Å². The Morgan fingerprint density at radius 1 is 1.26 bits per heavy atom. The normalized spacial score (nSPS) is 10.3. The highest BCUT2D eigenvalue weighted by Gasteiger charge is 2.18. The lowest BCUT2D eigenvalue weighted by Gasteiger charge is -2.12. The Kier molecular flexibility index (Phi) is 3.86. The molecule has 1 aromatic carbocycles. The van der Waals surface area contributed by atoms with E-state index >= 15 is 0 Å². The largest absolute Gasteiger partial charge is 0.496 e. The summed E-state index contributed by atoms with van der Waals surface area (Å²) in [5, 5.41) is 0.301. The summed E-state index contributed by atoms with van der Waals surface area (Å²) in [6, 6.07) is 7.01. The number of aryl methyl sites for hydroxylation is 2. The van der Waals surface area contributed by atoms with Crippen molar-refractivity contribution in [2.24, 2.45) is 0 Å². The number of methoxy groups -OCH3 is 1. The van der Waals surface area contributed by atoms with Gasteiger partial charge in [-0.15, -0.1) is 0 Å². The Morgan fingerprint density at radius 3 is 2.63 bits per heavy atom. The third kappa shape index (κ3) is 2.76. The SMILES string of the molecule is COc1cc(C)cc(C)c1C(=O)c1ccnc(Cl)c1. The molecule has 2 rings (SSSR count). The zero-order valence-electron chi connectivity index (χ0n) is 11.0. The van der Waals surface area contributed by atoms with Crippen molar-refractivity contribution in [3.63, 3.8) is 0 Å². The van der Waals surface area contributed by atoms with E-state index in [1.54, 1.807) is 19.2 Å². The Balaban J connectivity index is 2.56. The maximum Gasteiger partial charge on any atom is 0.197 e. The zero-order valence-corrected chi connectivity index (χ0v) is 11.8. The smallest absolute Gasteiger partial charge is 0.197 e. The number of carbonyl (C=O) groups is 1.